The lowest BCUT2D eigenvalue weighted by Gasteiger charge is -2.23. The van der Waals surface area contributed by atoms with Crippen LogP contribution in [0, 0.1) is 5.92 Å². The minimum Gasteiger partial charge on any atom is -0.325 e. The summed E-state index contributed by atoms with van der Waals surface area (Å²) in [6.45, 7) is 4.30. The summed E-state index contributed by atoms with van der Waals surface area (Å²) in [7, 11) is -2.25. The van der Waals surface area contributed by atoms with Gasteiger partial charge in [-0.1, -0.05) is 68.4 Å². The van der Waals surface area contributed by atoms with Crippen LogP contribution in [0.5, 0.6) is 0 Å². The van der Waals surface area contributed by atoms with Crippen molar-refractivity contribution in [3.05, 3.63) is 90.5 Å². The predicted molar refractivity (Wildman–Crippen MR) is 129 cm³/mol. The lowest BCUT2D eigenvalue weighted by molar-refractivity contribution is -0.115. The first-order valence-electron chi connectivity index (χ1n) is 10.5. The summed E-state index contributed by atoms with van der Waals surface area (Å²) < 4.78 is 27.3. The summed E-state index contributed by atoms with van der Waals surface area (Å²) in [5.74, 6) is 0.0599. The number of nitrogens with zero attached hydrogens (tertiary/aromatic N) is 1. The van der Waals surface area contributed by atoms with Crippen molar-refractivity contribution in [2.75, 3.05) is 23.2 Å². The van der Waals surface area contributed by atoms with Gasteiger partial charge in [-0.05, 0) is 41.8 Å². The molecular formula is C25H29N3O3S. The van der Waals surface area contributed by atoms with Crippen molar-refractivity contribution >= 4 is 27.3 Å². The average Bonchev–Trinajstić information content (AvgIpc) is 2.80. The van der Waals surface area contributed by atoms with E-state index in [4.69, 9.17) is 0 Å². The van der Waals surface area contributed by atoms with Crippen LogP contribution >= 0.6 is 0 Å². The normalized spacial score (nSPS) is 12.4. The maximum atomic E-state index is 13.0. The van der Waals surface area contributed by atoms with Crippen LogP contribution < -0.4 is 14.9 Å². The zero-order valence-corrected chi connectivity index (χ0v) is 19.3. The summed E-state index contributed by atoms with van der Waals surface area (Å²) in [6, 6.07) is 25.2. The fourth-order valence-corrected chi connectivity index (χ4v) is 4.72. The first kappa shape index (κ1) is 23.5. The molecule has 3 aromatic carbocycles. The molecule has 0 aliphatic carbocycles. The number of hydrogen-bond donors (Lipinski definition) is 2. The van der Waals surface area contributed by atoms with Gasteiger partial charge in [-0.15, -0.1) is 0 Å². The van der Waals surface area contributed by atoms with E-state index in [1.165, 1.54) is 23.5 Å². The van der Waals surface area contributed by atoms with Crippen molar-refractivity contribution in [1.29, 1.82) is 0 Å². The van der Waals surface area contributed by atoms with Crippen LogP contribution in [0.1, 0.15) is 25.5 Å². The van der Waals surface area contributed by atoms with Gasteiger partial charge in [0, 0.05) is 18.8 Å². The van der Waals surface area contributed by atoms with E-state index < -0.39 is 10.0 Å². The fraction of sp³-hybridized carbons (Fsp3) is 0.240. The number of anilines is 2. The van der Waals surface area contributed by atoms with Crippen molar-refractivity contribution in [2.45, 2.75) is 24.8 Å². The maximum absolute atomic E-state index is 13.0. The van der Waals surface area contributed by atoms with Crippen LogP contribution in [-0.4, -0.2) is 27.9 Å². The van der Waals surface area contributed by atoms with E-state index in [0.29, 0.717) is 17.3 Å². The molecule has 0 bridgehead atoms. The number of carbonyl (C=O) groups is 1. The van der Waals surface area contributed by atoms with Gasteiger partial charge in [0.15, 0.2) is 0 Å². The second-order valence-electron chi connectivity index (χ2n) is 7.90. The third-order valence-electron chi connectivity index (χ3n) is 5.20. The molecule has 0 aliphatic rings. The Morgan fingerprint density at radius 3 is 2.16 bits per heavy atom. The fourth-order valence-electron chi connectivity index (χ4n) is 3.48. The van der Waals surface area contributed by atoms with Crippen LogP contribution in [0.25, 0.3) is 0 Å². The number of nitrogens with one attached hydrogen (secondary N) is 2. The van der Waals surface area contributed by atoms with Crippen molar-refractivity contribution in [1.82, 2.24) is 5.32 Å². The molecule has 1 unspecified atom stereocenters. The van der Waals surface area contributed by atoms with Crippen LogP contribution in [0.2, 0.25) is 0 Å². The van der Waals surface area contributed by atoms with Gasteiger partial charge in [-0.3, -0.25) is 9.10 Å². The van der Waals surface area contributed by atoms with Gasteiger partial charge in [-0.25, -0.2) is 8.42 Å². The standard InChI is InChI=1S/C25H29N3O3S/c1-19(2)25(20-11-6-4-7-12-20)26-18-24(29)27-21-13-10-16-23(17-21)32(30,31)28(3)22-14-8-5-9-15-22/h4-17,19,25-26H,18H2,1-3H3,(H,27,29). The molecule has 3 rings (SSSR count). The molecule has 0 aromatic heterocycles. The number of amides is 1. The lowest BCUT2D eigenvalue weighted by atomic mass is 9.96. The van der Waals surface area contributed by atoms with Crippen LogP contribution in [0.3, 0.4) is 0 Å². The molecule has 1 atom stereocenters. The smallest absolute Gasteiger partial charge is 0.264 e. The van der Waals surface area contributed by atoms with E-state index in [-0.39, 0.29) is 23.4 Å². The number of hydrogen-bond acceptors (Lipinski definition) is 4. The predicted octanol–water partition coefficient (Wildman–Crippen LogP) is 4.44. The molecule has 0 saturated heterocycles. The third kappa shape index (κ3) is 5.75. The second kappa shape index (κ2) is 10.4. The average molecular weight is 452 g/mol. The molecule has 1 amide bonds. The molecule has 6 nitrogen and oxygen atoms in total. The van der Waals surface area contributed by atoms with E-state index in [0.717, 1.165) is 5.56 Å². The second-order valence-corrected chi connectivity index (χ2v) is 9.87. The number of para-hydroxylation sites is 1. The summed E-state index contributed by atoms with van der Waals surface area (Å²) in [5.41, 5.74) is 2.11. The highest BCUT2D eigenvalue weighted by molar-refractivity contribution is 7.92. The molecular weight excluding hydrogens is 422 g/mol. The number of benzene rings is 3. The third-order valence-corrected chi connectivity index (χ3v) is 6.99. The van der Waals surface area contributed by atoms with Crippen LogP contribution in [-0.2, 0) is 14.8 Å². The number of carbonyl (C=O) groups excluding carboxylic acids is 1. The van der Waals surface area contributed by atoms with E-state index in [9.17, 15) is 13.2 Å². The maximum Gasteiger partial charge on any atom is 0.264 e. The highest BCUT2D eigenvalue weighted by Crippen LogP contribution is 2.24. The van der Waals surface area contributed by atoms with Crippen molar-refractivity contribution < 1.29 is 13.2 Å². The Labute approximate surface area is 190 Å². The zero-order valence-electron chi connectivity index (χ0n) is 18.5. The molecule has 0 saturated carbocycles. The van der Waals surface area contributed by atoms with E-state index in [2.05, 4.69) is 24.5 Å². The molecule has 3 aromatic rings. The number of sulfonamides is 1. The highest BCUT2D eigenvalue weighted by atomic mass is 32.2. The Kier molecular flexibility index (Phi) is 7.66. The minimum atomic E-state index is -3.76. The molecule has 0 heterocycles. The topological polar surface area (TPSA) is 78.5 Å². The summed E-state index contributed by atoms with van der Waals surface area (Å²) >= 11 is 0. The molecule has 2 N–H and O–H groups in total. The number of rotatable bonds is 9. The Balaban J connectivity index is 1.68. The summed E-state index contributed by atoms with van der Waals surface area (Å²) in [4.78, 5) is 12.7. The Morgan fingerprint density at radius 2 is 1.53 bits per heavy atom. The van der Waals surface area contributed by atoms with Gasteiger partial charge in [0.2, 0.25) is 5.91 Å². The van der Waals surface area contributed by atoms with E-state index in [1.807, 2.05) is 36.4 Å². The van der Waals surface area contributed by atoms with Crippen molar-refractivity contribution in [3.63, 3.8) is 0 Å². The molecule has 0 fully saturated rings. The summed E-state index contributed by atoms with van der Waals surface area (Å²) in [5, 5.41) is 6.10. The van der Waals surface area contributed by atoms with Crippen molar-refractivity contribution in [2.24, 2.45) is 5.92 Å². The van der Waals surface area contributed by atoms with Crippen LogP contribution in [0.4, 0.5) is 11.4 Å². The zero-order chi connectivity index (χ0) is 23.1. The lowest BCUT2D eigenvalue weighted by Crippen LogP contribution is -2.33. The van der Waals surface area contributed by atoms with Crippen LogP contribution in [0.15, 0.2) is 89.8 Å². The molecule has 0 spiro atoms. The Morgan fingerprint density at radius 1 is 0.906 bits per heavy atom. The SMILES string of the molecule is CC(C)C(NCC(=O)Nc1cccc(S(=O)(=O)N(C)c2ccccc2)c1)c1ccccc1. The Hall–Kier alpha value is -3.16. The molecule has 7 heteroatoms. The van der Waals surface area contributed by atoms with Gasteiger partial charge >= 0.3 is 0 Å². The van der Waals surface area contributed by atoms with Gasteiger partial charge in [0.25, 0.3) is 10.0 Å². The first-order chi connectivity index (χ1) is 15.3. The van der Waals surface area contributed by atoms with Gasteiger partial charge < -0.3 is 10.6 Å². The summed E-state index contributed by atoms with van der Waals surface area (Å²) in [6.07, 6.45) is 0. The molecule has 32 heavy (non-hydrogen) atoms. The largest absolute Gasteiger partial charge is 0.325 e. The molecule has 0 radical (unpaired) electrons. The first-order valence-corrected chi connectivity index (χ1v) is 12.0. The van der Waals surface area contributed by atoms with Gasteiger partial charge in [0.05, 0.1) is 17.1 Å². The quantitative estimate of drug-likeness (QED) is 0.504. The van der Waals surface area contributed by atoms with Gasteiger partial charge in [0.1, 0.15) is 0 Å². The highest BCUT2D eigenvalue weighted by Gasteiger charge is 2.22. The molecule has 0 aliphatic heterocycles. The molecule has 168 valence electrons. The van der Waals surface area contributed by atoms with E-state index >= 15 is 0 Å². The van der Waals surface area contributed by atoms with Gasteiger partial charge in [-0.2, -0.15) is 0 Å². The minimum absolute atomic E-state index is 0.0354. The Bertz CT molecular complexity index is 1130. The van der Waals surface area contributed by atoms with E-state index in [1.54, 1.807) is 36.4 Å². The van der Waals surface area contributed by atoms with Crippen molar-refractivity contribution in [3.8, 4) is 0 Å². The monoisotopic (exact) mass is 451 g/mol.